The maximum atomic E-state index is 11.7. The number of carboxylic acid groups (broad SMARTS) is 1. The van der Waals surface area contributed by atoms with Crippen molar-refractivity contribution in [3.05, 3.63) is 18.2 Å². The summed E-state index contributed by atoms with van der Waals surface area (Å²) in [7, 11) is -3.38. The highest BCUT2D eigenvalue weighted by atomic mass is 32.2. The number of aliphatic hydroxyl groups excluding tert-OH is 1. The molecule has 0 aromatic heterocycles. The Morgan fingerprint density at radius 3 is 2.73 bits per heavy atom. The van der Waals surface area contributed by atoms with Crippen LogP contribution < -0.4 is 16.0 Å². The number of nitrogens with two attached hydrogens (primary N) is 1. The van der Waals surface area contributed by atoms with Crippen molar-refractivity contribution in [3.63, 3.8) is 0 Å². The van der Waals surface area contributed by atoms with Crippen LogP contribution in [0.25, 0.3) is 0 Å². The number of aliphatic hydroxyl groups is 1. The summed E-state index contributed by atoms with van der Waals surface area (Å²) >= 11 is 0. The van der Waals surface area contributed by atoms with Crippen LogP contribution in [-0.4, -0.2) is 56.2 Å². The summed E-state index contributed by atoms with van der Waals surface area (Å²) in [6.07, 6.45) is 0.386. The minimum atomic E-state index is -3.38. The summed E-state index contributed by atoms with van der Waals surface area (Å²) in [6.45, 7) is 0.134. The lowest BCUT2D eigenvalue weighted by Crippen LogP contribution is -2.36. The Bertz CT molecular complexity index is 676. The number of benzene rings is 1. The molecular weight excluding hydrogens is 310 g/mol. The molecule has 0 unspecified atom stereocenters. The van der Waals surface area contributed by atoms with Gasteiger partial charge in [0.15, 0.2) is 9.84 Å². The Morgan fingerprint density at radius 2 is 2.18 bits per heavy atom. The van der Waals surface area contributed by atoms with E-state index in [-0.39, 0.29) is 23.6 Å². The fraction of sp³-hybridized carbons (Fsp3) is 0.462. The second-order valence-corrected chi connectivity index (χ2v) is 7.38. The maximum absolute atomic E-state index is 11.7. The third-order valence-corrected chi connectivity index (χ3v) is 4.80. The van der Waals surface area contributed by atoms with Crippen molar-refractivity contribution in [2.75, 3.05) is 30.0 Å². The van der Waals surface area contributed by atoms with Gasteiger partial charge in [-0.15, -0.1) is 0 Å². The molecule has 0 saturated carbocycles. The summed E-state index contributed by atoms with van der Waals surface area (Å²) in [5.74, 6) is 0. The zero-order valence-electron chi connectivity index (χ0n) is 12.1. The van der Waals surface area contributed by atoms with Crippen LogP contribution in [0.3, 0.4) is 0 Å². The largest absolute Gasteiger partial charge is 0.465 e. The van der Waals surface area contributed by atoms with E-state index in [0.717, 1.165) is 6.26 Å². The Balaban J connectivity index is 2.35. The van der Waals surface area contributed by atoms with Crippen LogP contribution in [0.1, 0.15) is 6.42 Å². The van der Waals surface area contributed by atoms with Gasteiger partial charge in [-0.25, -0.2) is 13.2 Å². The smallest absolute Gasteiger partial charge is 0.404 e. The van der Waals surface area contributed by atoms with E-state index in [0.29, 0.717) is 24.3 Å². The first-order chi connectivity index (χ1) is 10.2. The van der Waals surface area contributed by atoms with E-state index in [9.17, 15) is 18.3 Å². The third kappa shape index (κ3) is 3.42. The summed E-state index contributed by atoms with van der Waals surface area (Å²) in [5, 5.41) is 20.7. The van der Waals surface area contributed by atoms with Gasteiger partial charge < -0.3 is 26.2 Å². The fourth-order valence-electron chi connectivity index (χ4n) is 2.67. The number of anilines is 2. The van der Waals surface area contributed by atoms with Crippen LogP contribution in [0.4, 0.5) is 16.2 Å². The topological polar surface area (TPSA) is 133 Å². The molecule has 1 aliphatic heterocycles. The highest BCUT2D eigenvalue weighted by molar-refractivity contribution is 7.90. The standard InChI is InChI=1S/C13H19N3O5S/c1-22(20,21)10-2-3-11(14)12(5-10)16-6-8(15-13(18)19)4-9(16)7-17/h2-3,5,8-9,15,17H,4,6-7,14H2,1H3,(H,18,19)/t8-,9-/m0/s1. The van der Waals surface area contributed by atoms with E-state index in [1.54, 1.807) is 4.90 Å². The molecule has 1 aromatic rings. The first kappa shape index (κ1) is 16.4. The van der Waals surface area contributed by atoms with Gasteiger partial charge in [-0.2, -0.15) is 0 Å². The first-order valence-electron chi connectivity index (χ1n) is 6.69. The van der Waals surface area contributed by atoms with Crippen molar-refractivity contribution >= 4 is 27.3 Å². The predicted octanol–water partition coefficient (Wildman–Crippen LogP) is -0.120. The summed E-state index contributed by atoms with van der Waals surface area (Å²) < 4.78 is 23.3. The van der Waals surface area contributed by atoms with Gasteiger partial charge in [0.05, 0.1) is 35.0 Å². The number of hydrogen-bond donors (Lipinski definition) is 4. The van der Waals surface area contributed by atoms with Gasteiger partial charge in [0.2, 0.25) is 0 Å². The van der Waals surface area contributed by atoms with E-state index >= 15 is 0 Å². The SMILES string of the molecule is CS(=O)(=O)c1ccc(N)c(N2C[C@@H](NC(=O)O)C[C@H]2CO)c1. The van der Waals surface area contributed by atoms with Gasteiger partial charge >= 0.3 is 6.09 Å². The molecule has 9 heteroatoms. The lowest BCUT2D eigenvalue weighted by atomic mass is 10.2. The molecule has 0 aliphatic carbocycles. The average molecular weight is 329 g/mol. The number of amides is 1. The Morgan fingerprint density at radius 1 is 1.50 bits per heavy atom. The predicted molar refractivity (Wildman–Crippen MR) is 81.7 cm³/mol. The minimum absolute atomic E-state index is 0.128. The van der Waals surface area contributed by atoms with Crippen molar-refractivity contribution in [1.29, 1.82) is 0 Å². The lowest BCUT2D eigenvalue weighted by Gasteiger charge is -2.26. The van der Waals surface area contributed by atoms with E-state index in [1.807, 2.05) is 0 Å². The van der Waals surface area contributed by atoms with Crippen LogP contribution in [0.15, 0.2) is 23.1 Å². The number of sulfone groups is 1. The van der Waals surface area contributed by atoms with Gasteiger partial charge in [-0.05, 0) is 24.6 Å². The van der Waals surface area contributed by atoms with Gasteiger partial charge in [0, 0.05) is 12.8 Å². The molecule has 1 saturated heterocycles. The second-order valence-electron chi connectivity index (χ2n) is 5.36. The molecule has 22 heavy (non-hydrogen) atoms. The molecule has 0 radical (unpaired) electrons. The lowest BCUT2D eigenvalue weighted by molar-refractivity contribution is 0.190. The molecule has 1 heterocycles. The van der Waals surface area contributed by atoms with Crippen molar-refractivity contribution in [2.45, 2.75) is 23.4 Å². The zero-order chi connectivity index (χ0) is 16.5. The molecule has 1 aliphatic rings. The number of hydrogen-bond acceptors (Lipinski definition) is 6. The Labute approximate surface area is 128 Å². The van der Waals surface area contributed by atoms with Gasteiger partial charge in [-0.1, -0.05) is 0 Å². The quantitative estimate of drug-likeness (QED) is 0.566. The number of rotatable bonds is 4. The van der Waals surface area contributed by atoms with E-state index in [1.165, 1.54) is 18.2 Å². The minimum Gasteiger partial charge on any atom is -0.465 e. The normalized spacial score (nSPS) is 21.8. The first-order valence-corrected chi connectivity index (χ1v) is 8.58. The molecular formula is C13H19N3O5S. The molecule has 122 valence electrons. The van der Waals surface area contributed by atoms with Crippen molar-refractivity contribution in [2.24, 2.45) is 0 Å². The number of nitrogens with one attached hydrogen (secondary N) is 1. The van der Waals surface area contributed by atoms with Crippen LogP contribution in [0.2, 0.25) is 0 Å². The molecule has 2 atom stereocenters. The molecule has 1 amide bonds. The van der Waals surface area contributed by atoms with E-state index in [2.05, 4.69) is 5.32 Å². The summed E-state index contributed by atoms with van der Waals surface area (Å²) in [5.41, 5.74) is 6.78. The van der Waals surface area contributed by atoms with Crippen molar-refractivity contribution in [3.8, 4) is 0 Å². The van der Waals surface area contributed by atoms with Crippen LogP contribution >= 0.6 is 0 Å². The fourth-order valence-corrected chi connectivity index (χ4v) is 3.31. The average Bonchev–Trinajstić information content (AvgIpc) is 2.79. The van der Waals surface area contributed by atoms with E-state index in [4.69, 9.17) is 10.8 Å². The number of nitrogens with zero attached hydrogens (tertiary/aromatic N) is 1. The Kier molecular flexibility index (Phi) is 4.47. The molecule has 1 fully saturated rings. The molecule has 0 spiro atoms. The van der Waals surface area contributed by atoms with Crippen molar-refractivity contribution in [1.82, 2.24) is 5.32 Å². The summed E-state index contributed by atoms with van der Waals surface area (Å²) in [6, 6.07) is 3.70. The van der Waals surface area contributed by atoms with Crippen LogP contribution in [-0.2, 0) is 9.84 Å². The number of carbonyl (C=O) groups is 1. The molecule has 8 nitrogen and oxygen atoms in total. The maximum Gasteiger partial charge on any atom is 0.404 e. The van der Waals surface area contributed by atoms with Gasteiger partial charge in [-0.3, -0.25) is 0 Å². The summed E-state index contributed by atoms with van der Waals surface area (Å²) in [4.78, 5) is 12.6. The molecule has 0 bridgehead atoms. The van der Waals surface area contributed by atoms with Crippen molar-refractivity contribution < 1.29 is 23.4 Å². The second kappa shape index (κ2) is 6.01. The monoisotopic (exact) mass is 329 g/mol. The molecule has 5 N–H and O–H groups in total. The van der Waals surface area contributed by atoms with Gasteiger partial charge in [0.1, 0.15) is 0 Å². The highest BCUT2D eigenvalue weighted by Gasteiger charge is 2.33. The van der Waals surface area contributed by atoms with Crippen LogP contribution in [0.5, 0.6) is 0 Å². The zero-order valence-corrected chi connectivity index (χ0v) is 12.9. The van der Waals surface area contributed by atoms with Gasteiger partial charge in [0.25, 0.3) is 0 Å². The van der Waals surface area contributed by atoms with Crippen LogP contribution in [0, 0.1) is 0 Å². The Hall–Kier alpha value is -2.00. The molecule has 2 rings (SSSR count). The number of nitrogen functional groups attached to an aromatic ring is 1. The highest BCUT2D eigenvalue weighted by Crippen LogP contribution is 2.32. The van der Waals surface area contributed by atoms with E-state index < -0.39 is 15.9 Å². The molecule has 1 aromatic carbocycles. The third-order valence-electron chi connectivity index (χ3n) is 3.69.